The lowest BCUT2D eigenvalue weighted by Gasteiger charge is -2.06. The molecule has 2 nitrogen and oxygen atoms in total. The van der Waals surface area contributed by atoms with Crippen molar-refractivity contribution >= 4 is 23.4 Å². The second kappa shape index (κ2) is 6.47. The van der Waals surface area contributed by atoms with Gasteiger partial charge in [0.05, 0.1) is 5.75 Å². The zero-order valence-corrected chi connectivity index (χ0v) is 11.0. The summed E-state index contributed by atoms with van der Waals surface area (Å²) in [6.07, 6.45) is 0. The van der Waals surface area contributed by atoms with Crippen LogP contribution < -0.4 is 5.32 Å². The van der Waals surface area contributed by atoms with Crippen molar-refractivity contribution in [2.75, 3.05) is 11.1 Å². The minimum atomic E-state index is -0.588. The van der Waals surface area contributed by atoms with Crippen molar-refractivity contribution in [3.05, 3.63) is 59.9 Å². The molecule has 0 atom stereocenters. The maximum absolute atomic E-state index is 13.3. The fourth-order valence-corrected chi connectivity index (χ4v) is 2.26. The van der Waals surface area contributed by atoms with Crippen LogP contribution in [0.5, 0.6) is 0 Å². The van der Waals surface area contributed by atoms with Gasteiger partial charge in [-0.25, -0.2) is 13.2 Å². The molecule has 0 saturated carbocycles. The van der Waals surface area contributed by atoms with E-state index in [-0.39, 0.29) is 10.6 Å². The van der Waals surface area contributed by atoms with E-state index in [2.05, 4.69) is 5.32 Å². The maximum atomic E-state index is 13.3. The number of halogens is 3. The molecule has 104 valence electrons. The molecular formula is C14H10F3NOS. The van der Waals surface area contributed by atoms with E-state index < -0.39 is 23.4 Å². The van der Waals surface area contributed by atoms with Gasteiger partial charge in [-0.15, -0.1) is 11.8 Å². The summed E-state index contributed by atoms with van der Waals surface area (Å²) in [5.74, 6) is -2.15. The summed E-state index contributed by atoms with van der Waals surface area (Å²) in [6.45, 7) is 0. The summed E-state index contributed by atoms with van der Waals surface area (Å²) in [4.78, 5) is 11.7. The molecule has 0 aliphatic carbocycles. The van der Waals surface area contributed by atoms with Crippen LogP contribution in [0.4, 0.5) is 18.9 Å². The molecule has 0 aliphatic heterocycles. The monoisotopic (exact) mass is 297 g/mol. The lowest BCUT2D eigenvalue weighted by Crippen LogP contribution is -2.14. The molecule has 0 spiro atoms. The third-order valence-electron chi connectivity index (χ3n) is 2.36. The molecule has 6 heteroatoms. The standard InChI is InChI=1S/C14H10F3NOS/c15-9-2-1-3-11(6-9)18-14(19)8-20-13-7-10(16)4-5-12(13)17/h1-7H,8H2,(H,18,19). The number of hydrogen-bond acceptors (Lipinski definition) is 2. The summed E-state index contributed by atoms with van der Waals surface area (Å²) < 4.78 is 39.2. The molecular weight excluding hydrogens is 287 g/mol. The molecule has 0 saturated heterocycles. The smallest absolute Gasteiger partial charge is 0.234 e. The van der Waals surface area contributed by atoms with Crippen molar-refractivity contribution in [3.63, 3.8) is 0 Å². The second-order valence-electron chi connectivity index (χ2n) is 3.92. The Morgan fingerprint density at radius 2 is 1.80 bits per heavy atom. The molecule has 2 aromatic rings. The van der Waals surface area contributed by atoms with E-state index in [0.29, 0.717) is 5.69 Å². The quantitative estimate of drug-likeness (QED) is 0.869. The minimum absolute atomic E-state index is 0.0550. The first-order valence-corrected chi connectivity index (χ1v) is 6.66. The van der Waals surface area contributed by atoms with Gasteiger partial charge in [0.15, 0.2) is 0 Å². The van der Waals surface area contributed by atoms with Gasteiger partial charge in [-0.05, 0) is 36.4 Å². The zero-order valence-electron chi connectivity index (χ0n) is 10.2. The molecule has 0 fully saturated rings. The van der Waals surface area contributed by atoms with Gasteiger partial charge in [-0.2, -0.15) is 0 Å². The van der Waals surface area contributed by atoms with E-state index in [9.17, 15) is 18.0 Å². The number of carbonyl (C=O) groups is 1. The minimum Gasteiger partial charge on any atom is -0.325 e. The highest BCUT2D eigenvalue weighted by Crippen LogP contribution is 2.22. The van der Waals surface area contributed by atoms with Crippen LogP contribution in [0.15, 0.2) is 47.4 Å². The van der Waals surface area contributed by atoms with Crippen LogP contribution in [0, 0.1) is 17.5 Å². The van der Waals surface area contributed by atoms with Crippen molar-refractivity contribution in [2.45, 2.75) is 4.90 Å². The number of nitrogens with one attached hydrogen (secondary N) is 1. The number of anilines is 1. The topological polar surface area (TPSA) is 29.1 Å². The summed E-state index contributed by atoms with van der Waals surface area (Å²) >= 11 is 0.872. The Labute approximate surface area is 118 Å². The van der Waals surface area contributed by atoms with Crippen LogP contribution in [0.3, 0.4) is 0 Å². The van der Waals surface area contributed by atoms with Crippen LogP contribution >= 0.6 is 11.8 Å². The van der Waals surface area contributed by atoms with Gasteiger partial charge >= 0.3 is 0 Å². The van der Waals surface area contributed by atoms with Crippen molar-refractivity contribution in [1.29, 1.82) is 0 Å². The number of amides is 1. The highest BCUT2D eigenvalue weighted by atomic mass is 32.2. The van der Waals surface area contributed by atoms with E-state index in [1.54, 1.807) is 0 Å². The van der Waals surface area contributed by atoms with Gasteiger partial charge in [0.1, 0.15) is 17.5 Å². The predicted molar refractivity (Wildman–Crippen MR) is 72.1 cm³/mol. The van der Waals surface area contributed by atoms with Gasteiger partial charge in [0, 0.05) is 10.6 Å². The van der Waals surface area contributed by atoms with Crippen molar-refractivity contribution in [1.82, 2.24) is 0 Å². The van der Waals surface area contributed by atoms with E-state index >= 15 is 0 Å². The molecule has 0 bridgehead atoms. The molecule has 1 N–H and O–H groups in total. The Kier molecular flexibility index (Phi) is 4.68. The van der Waals surface area contributed by atoms with E-state index in [0.717, 1.165) is 30.0 Å². The van der Waals surface area contributed by atoms with Gasteiger partial charge < -0.3 is 5.32 Å². The Hall–Kier alpha value is -1.95. The summed E-state index contributed by atoms with van der Waals surface area (Å²) in [6, 6.07) is 8.46. The van der Waals surface area contributed by atoms with Crippen LogP contribution in [-0.4, -0.2) is 11.7 Å². The molecule has 20 heavy (non-hydrogen) atoms. The zero-order chi connectivity index (χ0) is 14.5. The molecule has 0 aromatic heterocycles. The van der Waals surface area contributed by atoms with Crippen LogP contribution in [-0.2, 0) is 4.79 Å². The predicted octanol–water partition coefficient (Wildman–Crippen LogP) is 3.83. The first kappa shape index (κ1) is 14.5. The van der Waals surface area contributed by atoms with Crippen molar-refractivity contribution in [3.8, 4) is 0 Å². The summed E-state index contributed by atoms with van der Waals surface area (Å²) in [5, 5.41) is 2.47. The highest BCUT2D eigenvalue weighted by Gasteiger charge is 2.08. The number of rotatable bonds is 4. The second-order valence-corrected chi connectivity index (χ2v) is 4.94. The average molecular weight is 297 g/mol. The third-order valence-corrected chi connectivity index (χ3v) is 3.39. The molecule has 0 heterocycles. The fraction of sp³-hybridized carbons (Fsp3) is 0.0714. The maximum Gasteiger partial charge on any atom is 0.234 e. The van der Waals surface area contributed by atoms with Gasteiger partial charge in [-0.3, -0.25) is 4.79 Å². The van der Waals surface area contributed by atoms with Crippen LogP contribution in [0.25, 0.3) is 0 Å². The Morgan fingerprint density at radius 1 is 1.05 bits per heavy atom. The molecule has 2 aromatic carbocycles. The number of benzene rings is 2. The molecule has 1 amide bonds. The van der Waals surface area contributed by atoms with E-state index in [4.69, 9.17) is 0 Å². The SMILES string of the molecule is O=C(CSc1cc(F)ccc1F)Nc1cccc(F)c1. The van der Waals surface area contributed by atoms with E-state index in [1.165, 1.54) is 24.3 Å². The summed E-state index contributed by atoms with van der Waals surface area (Å²) in [5.41, 5.74) is 0.315. The normalized spacial score (nSPS) is 10.3. The van der Waals surface area contributed by atoms with Gasteiger partial charge in [-0.1, -0.05) is 6.07 Å². The van der Waals surface area contributed by atoms with E-state index in [1.807, 2.05) is 0 Å². The van der Waals surface area contributed by atoms with Crippen molar-refractivity contribution < 1.29 is 18.0 Å². The summed E-state index contributed by atoms with van der Waals surface area (Å²) in [7, 11) is 0. The first-order valence-electron chi connectivity index (χ1n) is 5.68. The molecule has 0 radical (unpaired) electrons. The number of hydrogen-bond donors (Lipinski definition) is 1. The lowest BCUT2D eigenvalue weighted by molar-refractivity contribution is -0.113. The highest BCUT2D eigenvalue weighted by molar-refractivity contribution is 8.00. The lowest BCUT2D eigenvalue weighted by atomic mass is 10.3. The Morgan fingerprint density at radius 3 is 2.55 bits per heavy atom. The fourth-order valence-electron chi connectivity index (χ4n) is 1.49. The van der Waals surface area contributed by atoms with Crippen molar-refractivity contribution in [2.24, 2.45) is 0 Å². The van der Waals surface area contributed by atoms with Crippen LogP contribution in [0.1, 0.15) is 0 Å². The number of carbonyl (C=O) groups excluding carboxylic acids is 1. The first-order chi connectivity index (χ1) is 9.54. The Balaban J connectivity index is 1.94. The van der Waals surface area contributed by atoms with Crippen LogP contribution in [0.2, 0.25) is 0 Å². The molecule has 0 aliphatic rings. The molecule has 2 rings (SSSR count). The Bertz CT molecular complexity index is 634. The number of thioether (sulfide) groups is 1. The average Bonchev–Trinajstić information content (AvgIpc) is 2.40. The molecule has 0 unspecified atom stereocenters. The van der Waals surface area contributed by atoms with Gasteiger partial charge in [0.25, 0.3) is 0 Å². The van der Waals surface area contributed by atoms with Gasteiger partial charge in [0.2, 0.25) is 5.91 Å². The third kappa shape index (κ3) is 4.03. The largest absolute Gasteiger partial charge is 0.325 e.